The van der Waals surface area contributed by atoms with E-state index in [9.17, 15) is 10.1 Å². The molecule has 1 aromatic heterocycles. The van der Waals surface area contributed by atoms with Crippen molar-refractivity contribution in [3.63, 3.8) is 0 Å². The van der Waals surface area contributed by atoms with E-state index >= 15 is 0 Å². The van der Waals surface area contributed by atoms with Crippen LogP contribution in [0.25, 0.3) is 10.8 Å². The number of hydrogen-bond acceptors (Lipinski definition) is 6. The van der Waals surface area contributed by atoms with Crippen LogP contribution < -0.4 is 10.1 Å². The molecule has 7 nitrogen and oxygen atoms in total. The molecule has 0 bridgehead atoms. The average molecular weight is 386 g/mol. The number of ether oxygens (including phenoxy) is 1. The van der Waals surface area contributed by atoms with Crippen molar-refractivity contribution >= 4 is 22.3 Å². The molecule has 0 radical (unpaired) electrons. The van der Waals surface area contributed by atoms with Crippen molar-refractivity contribution in [1.29, 1.82) is 0 Å². The van der Waals surface area contributed by atoms with E-state index in [0.717, 1.165) is 16.3 Å². The van der Waals surface area contributed by atoms with Crippen LogP contribution in [0.15, 0.2) is 79.1 Å². The minimum Gasteiger partial charge on any atom is -0.434 e. The van der Waals surface area contributed by atoms with Gasteiger partial charge in [0.2, 0.25) is 5.82 Å². The van der Waals surface area contributed by atoms with Crippen LogP contribution in [0.3, 0.4) is 0 Å². The Morgan fingerprint density at radius 2 is 1.69 bits per heavy atom. The van der Waals surface area contributed by atoms with E-state index in [-0.39, 0.29) is 17.4 Å². The third kappa shape index (κ3) is 4.30. The minimum absolute atomic E-state index is 0.0949. The van der Waals surface area contributed by atoms with E-state index in [1.165, 1.54) is 6.33 Å². The Kier molecular flexibility index (Phi) is 5.29. The van der Waals surface area contributed by atoms with Crippen LogP contribution in [0.5, 0.6) is 11.6 Å². The van der Waals surface area contributed by atoms with Crippen LogP contribution in [0, 0.1) is 10.1 Å². The molecule has 1 N–H and O–H groups in total. The molecular formula is C22H18N4O3. The maximum Gasteiger partial charge on any atom is 0.373 e. The largest absolute Gasteiger partial charge is 0.434 e. The summed E-state index contributed by atoms with van der Waals surface area (Å²) >= 11 is 0. The Balaban J connectivity index is 1.56. The van der Waals surface area contributed by atoms with Gasteiger partial charge in [-0.3, -0.25) is 10.1 Å². The number of nitrogens with zero attached hydrogens (tertiary/aromatic N) is 3. The van der Waals surface area contributed by atoms with Crippen molar-refractivity contribution in [2.75, 3.05) is 11.9 Å². The first-order valence-electron chi connectivity index (χ1n) is 9.14. The SMILES string of the molecule is O=[N+]([O-])c1c(NCCc2ccccc2)ncnc1Oc1ccc2ccccc2c1. The van der Waals surface area contributed by atoms with Gasteiger partial charge in [-0.1, -0.05) is 60.7 Å². The summed E-state index contributed by atoms with van der Waals surface area (Å²) in [7, 11) is 0. The van der Waals surface area contributed by atoms with Crippen LogP contribution in [0.4, 0.5) is 11.5 Å². The normalized spacial score (nSPS) is 10.6. The second-order valence-electron chi connectivity index (χ2n) is 6.41. The van der Waals surface area contributed by atoms with Crippen molar-refractivity contribution in [3.05, 3.63) is 94.8 Å². The second-order valence-corrected chi connectivity index (χ2v) is 6.41. The van der Waals surface area contributed by atoms with E-state index in [1.54, 1.807) is 6.07 Å². The summed E-state index contributed by atoms with van der Waals surface area (Å²) in [5, 5.41) is 16.7. The summed E-state index contributed by atoms with van der Waals surface area (Å²) < 4.78 is 5.75. The van der Waals surface area contributed by atoms with Gasteiger partial charge in [-0.2, -0.15) is 4.98 Å². The molecular weight excluding hydrogens is 368 g/mol. The molecule has 0 saturated heterocycles. The number of benzene rings is 3. The van der Waals surface area contributed by atoms with Crippen molar-refractivity contribution in [2.24, 2.45) is 0 Å². The number of anilines is 1. The average Bonchev–Trinajstić information content (AvgIpc) is 2.74. The van der Waals surface area contributed by atoms with Gasteiger partial charge in [0.15, 0.2) is 0 Å². The van der Waals surface area contributed by atoms with Gasteiger partial charge in [-0.25, -0.2) is 4.98 Å². The molecule has 0 aliphatic rings. The maximum atomic E-state index is 11.7. The Morgan fingerprint density at radius 3 is 2.48 bits per heavy atom. The molecule has 0 spiro atoms. The fourth-order valence-corrected chi connectivity index (χ4v) is 3.04. The summed E-state index contributed by atoms with van der Waals surface area (Å²) in [6.07, 6.45) is 1.97. The first-order chi connectivity index (χ1) is 14.2. The molecule has 0 unspecified atom stereocenters. The number of nitro groups is 1. The molecule has 29 heavy (non-hydrogen) atoms. The second kappa shape index (κ2) is 8.35. The number of rotatable bonds is 7. The first-order valence-corrected chi connectivity index (χ1v) is 9.14. The molecule has 0 aliphatic heterocycles. The Labute approximate surface area is 167 Å². The van der Waals surface area contributed by atoms with Crippen LogP contribution in [-0.2, 0) is 6.42 Å². The van der Waals surface area contributed by atoms with Crippen molar-refractivity contribution in [2.45, 2.75) is 6.42 Å². The monoisotopic (exact) mass is 386 g/mol. The lowest BCUT2D eigenvalue weighted by molar-refractivity contribution is -0.385. The quantitative estimate of drug-likeness (QED) is 0.356. The van der Waals surface area contributed by atoms with Gasteiger partial charge in [-0.05, 0) is 34.9 Å². The minimum atomic E-state index is -0.527. The van der Waals surface area contributed by atoms with E-state index in [1.807, 2.05) is 66.7 Å². The summed E-state index contributed by atoms with van der Waals surface area (Å²) in [6.45, 7) is 0.497. The van der Waals surface area contributed by atoms with Gasteiger partial charge in [0.25, 0.3) is 0 Å². The molecule has 0 fully saturated rings. The Hall–Kier alpha value is -4.00. The predicted octanol–water partition coefficient (Wildman–Crippen LogP) is 4.98. The first kappa shape index (κ1) is 18.4. The summed E-state index contributed by atoms with van der Waals surface area (Å²) in [5.41, 5.74) is 0.845. The summed E-state index contributed by atoms with van der Waals surface area (Å²) in [4.78, 5) is 19.2. The molecule has 3 aromatic carbocycles. The fraction of sp³-hybridized carbons (Fsp3) is 0.0909. The van der Waals surface area contributed by atoms with Crippen LogP contribution in [-0.4, -0.2) is 21.4 Å². The van der Waals surface area contributed by atoms with Gasteiger partial charge < -0.3 is 10.1 Å². The third-order valence-corrected chi connectivity index (χ3v) is 4.46. The van der Waals surface area contributed by atoms with Crippen molar-refractivity contribution in [1.82, 2.24) is 9.97 Å². The lowest BCUT2D eigenvalue weighted by atomic mass is 10.1. The Morgan fingerprint density at radius 1 is 0.931 bits per heavy atom. The predicted molar refractivity (Wildman–Crippen MR) is 111 cm³/mol. The molecule has 0 aliphatic carbocycles. The molecule has 0 atom stereocenters. The van der Waals surface area contributed by atoms with Crippen molar-refractivity contribution < 1.29 is 9.66 Å². The molecule has 4 rings (SSSR count). The Bertz CT molecular complexity index is 1150. The van der Waals surface area contributed by atoms with E-state index in [0.29, 0.717) is 18.7 Å². The molecule has 1 heterocycles. The van der Waals surface area contributed by atoms with Crippen LogP contribution in [0.2, 0.25) is 0 Å². The summed E-state index contributed by atoms with van der Waals surface area (Å²) in [6, 6.07) is 23.2. The number of hydrogen-bond donors (Lipinski definition) is 1. The van der Waals surface area contributed by atoms with Crippen molar-refractivity contribution in [3.8, 4) is 11.6 Å². The highest BCUT2D eigenvalue weighted by atomic mass is 16.6. The lowest BCUT2D eigenvalue weighted by Crippen LogP contribution is -2.10. The topological polar surface area (TPSA) is 90.2 Å². The zero-order chi connectivity index (χ0) is 20.1. The van der Waals surface area contributed by atoms with Gasteiger partial charge in [0, 0.05) is 6.54 Å². The molecule has 4 aromatic rings. The molecule has 144 valence electrons. The molecule has 0 amide bonds. The maximum absolute atomic E-state index is 11.7. The fourth-order valence-electron chi connectivity index (χ4n) is 3.04. The van der Waals surface area contributed by atoms with Crippen LogP contribution >= 0.6 is 0 Å². The van der Waals surface area contributed by atoms with Crippen LogP contribution in [0.1, 0.15) is 5.56 Å². The van der Waals surface area contributed by atoms with Gasteiger partial charge in [0.05, 0.1) is 4.92 Å². The van der Waals surface area contributed by atoms with Gasteiger partial charge in [-0.15, -0.1) is 0 Å². The highest BCUT2D eigenvalue weighted by molar-refractivity contribution is 5.83. The van der Waals surface area contributed by atoms with Gasteiger partial charge >= 0.3 is 11.6 Å². The highest BCUT2D eigenvalue weighted by Crippen LogP contribution is 2.34. The smallest absolute Gasteiger partial charge is 0.373 e. The lowest BCUT2D eigenvalue weighted by Gasteiger charge is -2.10. The zero-order valence-electron chi connectivity index (χ0n) is 15.5. The van der Waals surface area contributed by atoms with E-state index in [2.05, 4.69) is 15.3 Å². The van der Waals surface area contributed by atoms with E-state index in [4.69, 9.17) is 4.74 Å². The molecule has 7 heteroatoms. The third-order valence-electron chi connectivity index (χ3n) is 4.46. The highest BCUT2D eigenvalue weighted by Gasteiger charge is 2.25. The standard InChI is InChI=1S/C22H18N4O3/c27-26(28)20-21(23-13-12-16-6-2-1-3-7-16)24-15-25-22(20)29-19-11-10-17-8-4-5-9-18(17)14-19/h1-11,14-15H,12-13H2,(H,23,24,25). The zero-order valence-corrected chi connectivity index (χ0v) is 15.5. The molecule has 0 saturated carbocycles. The summed E-state index contributed by atoms with van der Waals surface area (Å²) in [5.74, 6) is 0.514. The number of nitrogens with one attached hydrogen (secondary N) is 1. The number of aromatic nitrogens is 2. The van der Waals surface area contributed by atoms with Gasteiger partial charge in [0.1, 0.15) is 12.1 Å². The number of fused-ring (bicyclic) bond motifs is 1. The van der Waals surface area contributed by atoms with E-state index < -0.39 is 4.92 Å².